The molecule has 96 valence electrons. The van der Waals surface area contributed by atoms with E-state index in [0.717, 1.165) is 27.8 Å². The minimum Gasteiger partial charge on any atom is -0.400 e. The van der Waals surface area contributed by atoms with E-state index in [1.165, 1.54) is 32.1 Å². The molecule has 0 atom stereocenters. The summed E-state index contributed by atoms with van der Waals surface area (Å²) in [6.45, 7) is 6.02. The standard InChI is InChI=1S/C8H17.3CH4O.Zr/c1-3-5-7-8-6-4-2;3*1-2;/h1,3-8H2,2H3;3*2H,1H3;/q-1;;;;. The van der Waals surface area contributed by atoms with E-state index >= 15 is 0 Å². The van der Waals surface area contributed by atoms with Gasteiger partial charge in [-0.2, -0.15) is 6.42 Å². The molecule has 0 aliphatic heterocycles. The summed E-state index contributed by atoms with van der Waals surface area (Å²) in [7, 11) is 3.00. The molecule has 0 rings (SSSR count). The average molecular weight is 301 g/mol. The Morgan fingerprint density at radius 1 is 0.733 bits per heavy atom. The van der Waals surface area contributed by atoms with Gasteiger partial charge in [-0.3, -0.25) is 0 Å². The zero-order valence-electron chi connectivity index (χ0n) is 10.8. The zero-order valence-corrected chi connectivity index (χ0v) is 13.2. The van der Waals surface area contributed by atoms with Crippen molar-refractivity contribution in [3.05, 3.63) is 6.92 Å². The van der Waals surface area contributed by atoms with Crippen LogP contribution in [-0.4, -0.2) is 36.6 Å². The van der Waals surface area contributed by atoms with Crippen molar-refractivity contribution in [3.63, 3.8) is 0 Å². The Labute approximate surface area is 115 Å². The Kier molecular flexibility index (Phi) is 121. The van der Waals surface area contributed by atoms with Crippen LogP contribution in [0.25, 0.3) is 0 Å². The first-order chi connectivity index (χ1) is 6.91. The second-order valence-corrected chi connectivity index (χ2v) is 2.27. The van der Waals surface area contributed by atoms with Crippen LogP contribution in [0.4, 0.5) is 0 Å². The summed E-state index contributed by atoms with van der Waals surface area (Å²) >= 11 is 0. The summed E-state index contributed by atoms with van der Waals surface area (Å²) in [6.07, 6.45) is 7.98. The molecule has 15 heavy (non-hydrogen) atoms. The monoisotopic (exact) mass is 299 g/mol. The van der Waals surface area contributed by atoms with Gasteiger partial charge in [0.2, 0.25) is 0 Å². The normalized spacial score (nSPS) is 6.40. The largest absolute Gasteiger partial charge is 0.400 e. The van der Waals surface area contributed by atoms with Crippen molar-refractivity contribution in [2.75, 3.05) is 21.3 Å². The van der Waals surface area contributed by atoms with E-state index in [4.69, 9.17) is 15.3 Å². The fourth-order valence-corrected chi connectivity index (χ4v) is 0.780. The van der Waals surface area contributed by atoms with E-state index in [9.17, 15) is 0 Å². The molecule has 3 nitrogen and oxygen atoms in total. The maximum Gasteiger partial charge on any atom is 0.0319 e. The fourth-order valence-electron chi connectivity index (χ4n) is 0.780. The third-order valence-electron chi connectivity index (χ3n) is 1.35. The van der Waals surface area contributed by atoms with Gasteiger partial charge in [-0.15, -0.1) is 0 Å². The first-order valence-electron chi connectivity index (χ1n) is 5.05. The minimum atomic E-state index is 0. The Morgan fingerprint density at radius 2 is 1.07 bits per heavy atom. The maximum absolute atomic E-state index is 7.00. The third-order valence-corrected chi connectivity index (χ3v) is 1.35. The predicted molar refractivity (Wildman–Crippen MR) is 63.2 cm³/mol. The van der Waals surface area contributed by atoms with Crippen molar-refractivity contribution in [2.24, 2.45) is 0 Å². The van der Waals surface area contributed by atoms with Crippen LogP contribution < -0.4 is 0 Å². The number of unbranched alkanes of at least 4 members (excludes halogenated alkanes) is 5. The Hall–Kier alpha value is 0.763. The van der Waals surface area contributed by atoms with Gasteiger partial charge in [0, 0.05) is 47.5 Å². The van der Waals surface area contributed by atoms with Crippen molar-refractivity contribution >= 4 is 0 Å². The van der Waals surface area contributed by atoms with Gasteiger partial charge in [-0.1, -0.05) is 39.0 Å². The molecule has 0 spiro atoms. The van der Waals surface area contributed by atoms with Crippen LogP contribution in [0.3, 0.4) is 0 Å². The van der Waals surface area contributed by atoms with Crippen molar-refractivity contribution in [2.45, 2.75) is 45.4 Å². The van der Waals surface area contributed by atoms with Gasteiger partial charge in [0.05, 0.1) is 0 Å². The van der Waals surface area contributed by atoms with Crippen LogP contribution >= 0.6 is 0 Å². The Morgan fingerprint density at radius 3 is 1.33 bits per heavy atom. The summed E-state index contributed by atoms with van der Waals surface area (Å²) in [5.41, 5.74) is 0. The SMILES string of the molecule is CO.CO.CO.[CH2-]CCCCCCC.[Zr]. The second kappa shape index (κ2) is 61.1. The minimum absolute atomic E-state index is 0. The van der Waals surface area contributed by atoms with E-state index in [2.05, 4.69) is 13.8 Å². The van der Waals surface area contributed by atoms with Gasteiger partial charge in [0.25, 0.3) is 0 Å². The molecule has 0 aromatic carbocycles. The zero-order chi connectivity index (χ0) is 12.2. The molecule has 0 aromatic heterocycles. The molecule has 0 bridgehead atoms. The smallest absolute Gasteiger partial charge is 0.0319 e. The number of hydrogen-bond acceptors (Lipinski definition) is 3. The van der Waals surface area contributed by atoms with Gasteiger partial charge in [-0.25, -0.2) is 0 Å². The quantitative estimate of drug-likeness (QED) is 0.538. The molecular weight excluding hydrogens is 271 g/mol. The summed E-state index contributed by atoms with van der Waals surface area (Å²) in [6, 6.07) is 0. The van der Waals surface area contributed by atoms with E-state index in [-0.39, 0.29) is 26.2 Å². The molecule has 3 N–H and O–H groups in total. The van der Waals surface area contributed by atoms with Gasteiger partial charge in [0.15, 0.2) is 0 Å². The summed E-state index contributed by atoms with van der Waals surface area (Å²) in [4.78, 5) is 0. The molecular formula is C11H29O3Zr-. The maximum atomic E-state index is 7.00. The van der Waals surface area contributed by atoms with Crippen LogP contribution in [0.2, 0.25) is 0 Å². The number of aliphatic hydroxyl groups excluding tert-OH is 3. The molecule has 4 heteroatoms. The van der Waals surface area contributed by atoms with Crippen LogP contribution in [0.15, 0.2) is 0 Å². The molecule has 0 aromatic rings. The van der Waals surface area contributed by atoms with E-state index < -0.39 is 0 Å². The van der Waals surface area contributed by atoms with E-state index in [0.29, 0.717) is 0 Å². The summed E-state index contributed by atoms with van der Waals surface area (Å²) in [5, 5.41) is 21.0. The number of hydrogen-bond donors (Lipinski definition) is 3. The average Bonchev–Trinajstić information content (AvgIpc) is 2.33. The fraction of sp³-hybridized carbons (Fsp3) is 0.909. The Balaban J connectivity index is -0.0000000410. The molecule has 0 fully saturated rings. The van der Waals surface area contributed by atoms with Crippen molar-refractivity contribution in [3.8, 4) is 0 Å². The second-order valence-electron chi connectivity index (χ2n) is 2.27. The van der Waals surface area contributed by atoms with Crippen LogP contribution in [0.1, 0.15) is 45.4 Å². The van der Waals surface area contributed by atoms with E-state index in [1.807, 2.05) is 0 Å². The first kappa shape index (κ1) is 29.7. The van der Waals surface area contributed by atoms with Crippen LogP contribution in [0.5, 0.6) is 0 Å². The number of aliphatic hydroxyl groups is 3. The van der Waals surface area contributed by atoms with Gasteiger partial charge in [0.1, 0.15) is 0 Å². The molecule has 0 saturated heterocycles. The summed E-state index contributed by atoms with van der Waals surface area (Å²) in [5.74, 6) is 0. The molecule has 0 unspecified atom stereocenters. The van der Waals surface area contributed by atoms with Gasteiger partial charge >= 0.3 is 0 Å². The van der Waals surface area contributed by atoms with Gasteiger partial charge < -0.3 is 22.2 Å². The third kappa shape index (κ3) is 72.4. The molecule has 0 aliphatic carbocycles. The molecule has 0 saturated carbocycles. The number of rotatable bonds is 5. The Bertz CT molecular complexity index is 40.8. The van der Waals surface area contributed by atoms with E-state index in [1.54, 1.807) is 0 Å². The topological polar surface area (TPSA) is 60.7 Å². The van der Waals surface area contributed by atoms with Crippen molar-refractivity contribution in [1.82, 2.24) is 0 Å². The summed E-state index contributed by atoms with van der Waals surface area (Å²) < 4.78 is 0. The molecule has 0 heterocycles. The molecule has 0 amide bonds. The van der Waals surface area contributed by atoms with Crippen molar-refractivity contribution in [1.29, 1.82) is 0 Å². The van der Waals surface area contributed by atoms with Crippen LogP contribution in [0, 0.1) is 6.92 Å². The molecule has 0 radical (unpaired) electrons. The predicted octanol–water partition coefficient (Wildman–Crippen LogP) is 2.00. The van der Waals surface area contributed by atoms with Crippen LogP contribution in [-0.2, 0) is 26.2 Å². The first-order valence-corrected chi connectivity index (χ1v) is 5.05. The molecule has 0 aliphatic rings. The van der Waals surface area contributed by atoms with Gasteiger partial charge in [-0.05, 0) is 0 Å². The van der Waals surface area contributed by atoms with Crippen molar-refractivity contribution < 1.29 is 41.5 Å².